The Balaban J connectivity index is 2.19. The molecule has 0 bridgehead atoms. The van der Waals surface area contributed by atoms with Crippen LogP contribution in [0.4, 0.5) is 0 Å². The lowest BCUT2D eigenvalue weighted by Gasteiger charge is -2.54. The van der Waals surface area contributed by atoms with Crippen molar-refractivity contribution in [1.82, 2.24) is 0 Å². The molecule has 1 heterocycles. The molecular formula is C19H28O2. The van der Waals surface area contributed by atoms with Crippen molar-refractivity contribution in [3.8, 4) is 0 Å². The monoisotopic (exact) mass is 288 g/mol. The molecule has 0 aromatic heterocycles. The third-order valence-electron chi connectivity index (χ3n) is 6.43. The van der Waals surface area contributed by atoms with Crippen molar-refractivity contribution in [3.63, 3.8) is 0 Å². The lowest BCUT2D eigenvalue weighted by molar-refractivity contribution is -0.133. The number of hydrogen-bond donors (Lipinski definition) is 0. The second-order valence-corrected chi connectivity index (χ2v) is 8.41. The summed E-state index contributed by atoms with van der Waals surface area (Å²) in [6, 6.07) is 0. The van der Waals surface area contributed by atoms with E-state index in [1.54, 1.807) is 0 Å². The number of carbonyl (C=O) groups is 1. The number of ether oxygens (including phenoxy) is 1. The molecule has 1 saturated carbocycles. The van der Waals surface area contributed by atoms with Gasteiger partial charge in [0.1, 0.15) is 5.76 Å². The van der Waals surface area contributed by atoms with Gasteiger partial charge in [-0.2, -0.15) is 0 Å². The second kappa shape index (κ2) is 4.47. The summed E-state index contributed by atoms with van der Waals surface area (Å²) in [6.45, 7) is 13.6. The van der Waals surface area contributed by atoms with Gasteiger partial charge in [0.15, 0.2) is 0 Å². The molecule has 21 heavy (non-hydrogen) atoms. The smallest absolute Gasteiger partial charge is 0.340 e. The normalized spacial score (nSPS) is 35.0. The van der Waals surface area contributed by atoms with Crippen LogP contribution in [0.2, 0.25) is 0 Å². The first kappa shape index (κ1) is 14.9. The predicted molar refractivity (Wildman–Crippen MR) is 84.5 cm³/mol. The lowest BCUT2D eigenvalue weighted by Crippen LogP contribution is -2.45. The van der Waals surface area contributed by atoms with Crippen molar-refractivity contribution >= 4 is 5.97 Å². The van der Waals surface area contributed by atoms with Gasteiger partial charge in [-0.15, -0.1) is 0 Å². The van der Waals surface area contributed by atoms with E-state index in [2.05, 4.69) is 41.5 Å². The Labute approximate surface area is 128 Å². The molecule has 0 radical (unpaired) electrons. The fourth-order valence-electron chi connectivity index (χ4n) is 5.08. The molecule has 0 aromatic rings. The van der Waals surface area contributed by atoms with Crippen LogP contribution in [-0.4, -0.2) is 5.97 Å². The maximum absolute atomic E-state index is 12.3. The Bertz CT molecular complexity index is 562. The zero-order valence-corrected chi connectivity index (χ0v) is 14.3. The van der Waals surface area contributed by atoms with Crippen LogP contribution in [0.5, 0.6) is 0 Å². The molecule has 3 aliphatic rings. The van der Waals surface area contributed by atoms with E-state index in [0.29, 0.717) is 11.3 Å². The molecule has 0 amide bonds. The third-order valence-corrected chi connectivity index (χ3v) is 6.43. The minimum absolute atomic E-state index is 0.102. The minimum Gasteiger partial charge on any atom is -0.423 e. The first-order valence-corrected chi connectivity index (χ1v) is 8.35. The molecule has 0 unspecified atom stereocenters. The number of esters is 1. The summed E-state index contributed by atoms with van der Waals surface area (Å²) in [5.41, 5.74) is 3.97. The summed E-state index contributed by atoms with van der Waals surface area (Å²) in [5.74, 6) is 1.67. The number of allylic oxidation sites excluding steroid dienone is 2. The first-order valence-electron chi connectivity index (χ1n) is 8.35. The molecule has 0 spiro atoms. The highest BCUT2D eigenvalue weighted by atomic mass is 16.5. The minimum atomic E-state index is -0.102. The molecule has 2 heteroatoms. The molecule has 0 N–H and O–H groups in total. The largest absolute Gasteiger partial charge is 0.423 e. The van der Waals surface area contributed by atoms with E-state index in [4.69, 9.17) is 4.74 Å². The van der Waals surface area contributed by atoms with E-state index in [1.807, 2.05) is 0 Å². The van der Waals surface area contributed by atoms with Gasteiger partial charge < -0.3 is 4.74 Å². The molecule has 2 nitrogen and oxygen atoms in total. The SMILES string of the molecule is CC1=C2OC(=O)C(C(C)C)=C2C[C@H]2C(C)(C)CCC[C@]12C. The van der Waals surface area contributed by atoms with E-state index >= 15 is 0 Å². The summed E-state index contributed by atoms with van der Waals surface area (Å²) in [7, 11) is 0. The average molecular weight is 288 g/mol. The van der Waals surface area contributed by atoms with Gasteiger partial charge in [-0.3, -0.25) is 0 Å². The summed E-state index contributed by atoms with van der Waals surface area (Å²) in [6.07, 6.45) is 4.79. The lowest BCUT2D eigenvalue weighted by atomic mass is 9.50. The summed E-state index contributed by atoms with van der Waals surface area (Å²) in [4.78, 5) is 12.3. The molecule has 3 rings (SSSR count). The second-order valence-electron chi connectivity index (χ2n) is 8.41. The van der Waals surface area contributed by atoms with Crippen LogP contribution in [-0.2, 0) is 9.53 Å². The van der Waals surface area contributed by atoms with Crippen molar-refractivity contribution in [3.05, 3.63) is 22.5 Å². The standard InChI is InChI=1S/C19H28O2/c1-11(2)15-13-10-14-18(4,5)8-7-9-19(14,6)12(3)16(13)21-17(15)20/h11,14H,7-10H2,1-6H3/t14-,19+/m0/s1. The van der Waals surface area contributed by atoms with Gasteiger partial charge in [0, 0.05) is 11.1 Å². The van der Waals surface area contributed by atoms with Gasteiger partial charge in [0.05, 0.1) is 0 Å². The topological polar surface area (TPSA) is 26.3 Å². The first-order chi connectivity index (χ1) is 9.68. The van der Waals surface area contributed by atoms with Gasteiger partial charge in [-0.05, 0) is 54.4 Å². The molecule has 116 valence electrons. The van der Waals surface area contributed by atoms with Gasteiger partial charge in [-0.25, -0.2) is 4.79 Å². The van der Waals surface area contributed by atoms with Crippen LogP contribution in [0.25, 0.3) is 0 Å². The van der Waals surface area contributed by atoms with Gasteiger partial charge in [0.2, 0.25) is 0 Å². The molecule has 0 aromatic carbocycles. The van der Waals surface area contributed by atoms with Crippen LogP contribution >= 0.6 is 0 Å². The Morgan fingerprint density at radius 2 is 1.86 bits per heavy atom. The Kier molecular flexibility index (Phi) is 3.17. The maximum Gasteiger partial charge on any atom is 0.340 e. The van der Waals surface area contributed by atoms with Gasteiger partial charge in [-0.1, -0.05) is 41.0 Å². The molecular weight excluding hydrogens is 260 g/mol. The van der Waals surface area contributed by atoms with Crippen LogP contribution in [0.15, 0.2) is 22.5 Å². The summed E-state index contributed by atoms with van der Waals surface area (Å²) in [5, 5.41) is 0. The number of fused-ring (bicyclic) bond motifs is 2. The fourth-order valence-corrected chi connectivity index (χ4v) is 5.08. The van der Waals surface area contributed by atoms with Crippen LogP contribution in [0, 0.1) is 22.7 Å². The van der Waals surface area contributed by atoms with Crippen molar-refractivity contribution in [2.45, 2.75) is 67.2 Å². The average Bonchev–Trinajstić information content (AvgIpc) is 2.69. The summed E-state index contributed by atoms with van der Waals surface area (Å²) < 4.78 is 5.70. The molecule has 2 aliphatic carbocycles. The van der Waals surface area contributed by atoms with Crippen molar-refractivity contribution < 1.29 is 9.53 Å². The zero-order chi connectivity index (χ0) is 15.6. The van der Waals surface area contributed by atoms with Crippen molar-refractivity contribution in [1.29, 1.82) is 0 Å². The Hall–Kier alpha value is -1.05. The van der Waals surface area contributed by atoms with Gasteiger partial charge >= 0.3 is 5.97 Å². The number of rotatable bonds is 1. The molecule has 1 aliphatic heterocycles. The Morgan fingerprint density at radius 1 is 1.19 bits per heavy atom. The number of carbonyl (C=O) groups excluding carboxylic acids is 1. The molecule has 1 fully saturated rings. The third kappa shape index (κ3) is 1.94. The number of hydrogen-bond acceptors (Lipinski definition) is 2. The highest BCUT2D eigenvalue weighted by molar-refractivity contribution is 5.95. The van der Waals surface area contributed by atoms with E-state index in [-0.39, 0.29) is 17.3 Å². The van der Waals surface area contributed by atoms with E-state index in [0.717, 1.165) is 17.8 Å². The summed E-state index contributed by atoms with van der Waals surface area (Å²) >= 11 is 0. The predicted octanol–water partition coefficient (Wildman–Crippen LogP) is 5.01. The van der Waals surface area contributed by atoms with E-state index in [9.17, 15) is 4.79 Å². The maximum atomic E-state index is 12.3. The van der Waals surface area contributed by atoms with Crippen molar-refractivity contribution in [2.75, 3.05) is 0 Å². The fraction of sp³-hybridized carbons (Fsp3) is 0.737. The van der Waals surface area contributed by atoms with Crippen LogP contribution in [0.3, 0.4) is 0 Å². The zero-order valence-electron chi connectivity index (χ0n) is 14.3. The Morgan fingerprint density at radius 3 is 2.48 bits per heavy atom. The van der Waals surface area contributed by atoms with Crippen LogP contribution in [0.1, 0.15) is 67.2 Å². The van der Waals surface area contributed by atoms with E-state index < -0.39 is 0 Å². The molecule has 2 atom stereocenters. The highest BCUT2D eigenvalue weighted by Crippen LogP contribution is 2.61. The van der Waals surface area contributed by atoms with Gasteiger partial charge in [0.25, 0.3) is 0 Å². The van der Waals surface area contributed by atoms with Crippen LogP contribution < -0.4 is 0 Å². The van der Waals surface area contributed by atoms with Crippen molar-refractivity contribution in [2.24, 2.45) is 22.7 Å². The highest BCUT2D eigenvalue weighted by Gasteiger charge is 2.53. The molecule has 0 saturated heterocycles. The van der Waals surface area contributed by atoms with E-state index in [1.165, 1.54) is 30.4 Å². The quantitative estimate of drug-likeness (QED) is 0.634.